The molecule has 0 bridgehead atoms. The van der Waals surface area contributed by atoms with Crippen LogP contribution >= 0.6 is 0 Å². The van der Waals surface area contributed by atoms with Crippen LogP contribution in [0.4, 0.5) is 19.0 Å². The van der Waals surface area contributed by atoms with E-state index in [-0.39, 0.29) is 5.82 Å². The molecule has 0 saturated carbocycles. The smallest absolute Gasteiger partial charge is 0.372 e. The van der Waals surface area contributed by atoms with Crippen molar-refractivity contribution in [2.45, 2.75) is 6.18 Å². The molecular formula is C11H9F3N6. The Bertz CT molecular complexity index is 757. The Kier molecular flexibility index (Phi) is 2.63. The SMILES string of the molecule is CNc1cn2ccnc2c(-n2cc(C(F)(F)F)cn2)n1. The van der Waals surface area contributed by atoms with Gasteiger partial charge in [-0.15, -0.1) is 0 Å². The molecule has 3 aromatic rings. The van der Waals surface area contributed by atoms with Crippen molar-refractivity contribution >= 4 is 11.5 Å². The molecule has 20 heavy (non-hydrogen) atoms. The Morgan fingerprint density at radius 2 is 2.05 bits per heavy atom. The Morgan fingerprint density at radius 3 is 2.70 bits per heavy atom. The van der Waals surface area contributed by atoms with Gasteiger partial charge in [-0.05, 0) is 0 Å². The van der Waals surface area contributed by atoms with Gasteiger partial charge in [-0.25, -0.2) is 14.6 Å². The number of anilines is 1. The Hall–Kier alpha value is -2.58. The van der Waals surface area contributed by atoms with Crippen molar-refractivity contribution in [1.29, 1.82) is 0 Å². The quantitative estimate of drug-likeness (QED) is 0.780. The van der Waals surface area contributed by atoms with Gasteiger partial charge in [0.1, 0.15) is 5.82 Å². The molecule has 0 aliphatic carbocycles. The number of nitrogens with one attached hydrogen (secondary N) is 1. The standard InChI is InChI=1S/C11H9F3N6/c1-15-8-6-19-3-2-16-9(19)10(18-8)20-5-7(4-17-20)11(12,13)14/h2-6,15H,1H3. The highest BCUT2D eigenvalue weighted by Gasteiger charge is 2.32. The Balaban J connectivity index is 2.18. The maximum Gasteiger partial charge on any atom is 0.419 e. The molecule has 3 heterocycles. The molecule has 0 aromatic carbocycles. The molecular weight excluding hydrogens is 273 g/mol. The summed E-state index contributed by atoms with van der Waals surface area (Å²) in [5.41, 5.74) is -0.417. The van der Waals surface area contributed by atoms with E-state index < -0.39 is 11.7 Å². The van der Waals surface area contributed by atoms with Crippen molar-refractivity contribution in [3.63, 3.8) is 0 Å². The van der Waals surface area contributed by atoms with Crippen LogP contribution in [-0.4, -0.2) is 31.2 Å². The molecule has 0 saturated heterocycles. The zero-order valence-electron chi connectivity index (χ0n) is 10.3. The van der Waals surface area contributed by atoms with Crippen molar-refractivity contribution in [2.75, 3.05) is 12.4 Å². The van der Waals surface area contributed by atoms with Crippen LogP contribution in [0, 0.1) is 0 Å². The number of halogens is 3. The molecule has 0 amide bonds. The number of hydrogen-bond acceptors (Lipinski definition) is 4. The summed E-state index contributed by atoms with van der Waals surface area (Å²) in [5.74, 6) is 0.715. The van der Waals surface area contributed by atoms with Crippen LogP contribution in [0.15, 0.2) is 31.0 Å². The maximum atomic E-state index is 12.6. The van der Waals surface area contributed by atoms with Gasteiger partial charge in [0.05, 0.1) is 18.0 Å². The summed E-state index contributed by atoms with van der Waals surface area (Å²) < 4.78 is 40.5. The number of imidazole rings is 1. The minimum Gasteiger partial charge on any atom is -0.372 e. The first kappa shape index (κ1) is 12.5. The molecule has 3 aromatic heterocycles. The first-order valence-corrected chi connectivity index (χ1v) is 5.63. The van der Waals surface area contributed by atoms with Gasteiger partial charge in [-0.3, -0.25) is 0 Å². The third-order valence-corrected chi connectivity index (χ3v) is 2.74. The summed E-state index contributed by atoms with van der Waals surface area (Å²) in [6.45, 7) is 0. The third kappa shape index (κ3) is 1.96. The fourth-order valence-electron chi connectivity index (χ4n) is 1.77. The number of hydrogen-bond donors (Lipinski definition) is 1. The van der Waals surface area contributed by atoms with Gasteiger partial charge in [0.2, 0.25) is 0 Å². The fourth-order valence-corrected chi connectivity index (χ4v) is 1.77. The molecule has 9 heteroatoms. The number of fused-ring (bicyclic) bond motifs is 1. The molecule has 1 N–H and O–H groups in total. The second-order valence-corrected chi connectivity index (χ2v) is 4.03. The molecule has 0 atom stereocenters. The van der Waals surface area contributed by atoms with E-state index in [0.29, 0.717) is 11.5 Å². The van der Waals surface area contributed by atoms with Gasteiger partial charge < -0.3 is 9.72 Å². The summed E-state index contributed by atoms with van der Waals surface area (Å²) in [7, 11) is 1.67. The second kappa shape index (κ2) is 4.22. The van der Waals surface area contributed by atoms with Crippen LogP contribution in [0.3, 0.4) is 0 Å². The van der Waals surface area contributed by atoms with E-state index >= 15 is 0 Å². The van der Waals surface area contributed by atoms with Crippen LogP contribution in [0.2, 0.25) is 0 Å². The lowest BCUT2D eigenvalue weighted by Crippen LogP contribution is -2.06. The average molecular weight is 282 g/mol. The maximum absolute atomic E-state index is 12.6. The van der Waals surface area contributed by atoms with E-state index in [1.165, 1.54) is 6.20 Å². The van der Waals surface area contributed by atoms with Crippen LogP contribution in [0.1, 0.15) is 5.56 Å². The molecule has 0 radical (unpaired) electrons. The van der Waals surface area contributed by atoms with E-state index in [0.717, 1.165) is 17.1 Å². The summed E-state index contributed by atoms with van der Waals surface area (Å²) in [4.78, 5) is 8.27. The summed E-state index contributed by atoms with van der Waals surface area (Å²) in [6, 6.07) is 0. The highest BCUT2D eigenvalue weighted by Crippen LogP contribution is 2.29. The Morgan fingerprint density at radius 1 is 1.25 bits per heavy atom. The van der Waals surface area contributed by atoms with Crippen molar-refractivity contribution in [1.82, 2.24) is 24.1 Å². The lowest BCUT2D eigenvalue weighted by atomic mass is 10.4. The number of alkyl halides is 3. The Labute approximate surface area is 110 Å². The van der Waals surface area contributed by atoms with Crippen LogP contribution in [-0.2, 0) is 6.18 Å². The molecule has 0 unspecified atom stereocenters. The summed E-state index contributed by atoms with van der Waals surface area (Å²) in [6.07, 6.45) is 2.10. The summed E-state index contributed by atoms with van der Waals surface area (Å²) >= 11 is 0. The second-order valence-electron chi connectivity index (χ2n) is 4.03. The molecule has 0 aliphatic heterocycles. The fraction of sp³-hybridized carbons (Fsp3) is 0.182. The normalized spacial score (nSPS) is 12.0. The van der Waals surface area contributed by atoms with Crippen LogP contribution in [0.25, 0.3) is 11.5 Å². The average Bonchev–Trinajstić information content (AvgIpc) is 3.05. The molecule has 6 nitrogen and oxygen atoms in total. The highest BCUT2D eigenvalue weighted by molar-refractivity contribution is 5.57. The largest absolute Gasteiger partial charge is 0.419 e. The van der Waals surface area contributed by atoms with E-state index in [2.05, 4.69) is 20.4 Å². The van der Waals surface area contributed by atoms with Crippen molar-refractivity contribution in [2.24, 2.45) is 0 Å². The summed E-state index contributed by atoms with van der Waals surface area (Å²) in [5, 5.41) is 6.54. The minimum absolute atomic E-state index is 0.220. The van der Waals surface area contributed by atoms with Crippen molar-refractivity contribution in [3.8, 4) is 5.82 Å². The molecule has 3 rings (SSSR count). The predicted octanol–water partition coefficient (Wildman–Crippen LogP) is 1.98. The molecule has 0 fully saturated rings. The van der Waals surface area contributed by atoms with Crippen molar-refractivity contribution in [3.05, 3.63) is 36.5 Å². The van der Waals surface area contributed by atoms with E-state index in [9.17, 15) is 13.2 Å². The number of nitrogens with zero attached hydrogens (tertiary/aromatic N) is 5. The number of rotatable bonds is 2. The van der Waals surface area contributed by atoms with Gasteiger partial charge in [0, 0.05) is 25.6 Å². The van der Waals surface area contributed by atoms with Crippen molar-refractivity contribution < 1.29 is 13.2 Å². The first-order chi connectivity index (χ1) is 9.49. The third-order valence-electron chi connectivity index (χ3n) is 2.74. The van der Waals surface area contributed by atoms with E-state index in [1.54, 1.807) is 23.8 Å². The minimum atomic E-state index is -4.44. The molecule has 104 valence electrons. The predicted molar refractivity (Wildman–Crippen MR) is 64.7 cm³/mol. The topological polar surface area (TPSA) is 60.0 Å². The van der Waals surface area contributed by atoms with Gasteiger partial charge in [-0.1, -0.05) is 0 Å². The number of aromatic nitrogens is 5. The van der Waals surface area contributed by atoms with Crippen LogP contribution < -0.4 is 5.32 Å². The molecule has 0 aliphatic rings. The van der Waals surface area contributed by atoms with Crippen LogP contribution in [0.5, 0.6) is 0 Å². The van der Waals surface area contributed by atoms with E-state index in [4.69, 9.17) is 0 Å². The zero-order valence-corrected chi connectivity index (χ0v) is 10.3. The van der Waals surface area contributed by atoms with E-state index in [1.807, 2.05) is 0 Å². The van der Waals surface area contributed by atoms with Gasteiger partial charge in [-0.2, -0.15) is 18.3 Å². The zero-order chi connectivity index (χ0) is 14.3. The van der Waals surface area contributed by atoms with Gasteiger partial charge in [0.15, 0.2) is 11.5 Å². The van der Waals surface area contributed by atoms with Gasteiger partial charge in [0.25, 0.3) is 0 Å². The monoisotopic (exact) mass is 282 g/mol. The lowest BCUT2D eigenvalue weighted by Gasteiger charge is -2.06. The highest BCUT2D eigenvalue weighted by atomic mass is 19.4. The lowest BCUT2D eigenvalue weighted by molar-refractivity contribution is -0.137. The van der Waals surface area contributed by atoms with Gasteiger partial charge >= 0.3 is 6.18 Å². The first-order valence-electron chi connectivity index (χ1n) is 5.63. The molecule has 0 spiro atoms.